The molecule has 0 atom stereocenters. The van der Waals surface area contributed by atoms with Crippen LogP contribution in [-0.4, -0.2) is 37.1 Å². The Hall–Kier alpha value is -2.63. The number of nitrogens with zero attached hydrogens (tertiary/aromatic N) is 2. The van der Waals surface area contributed by atoms with Gasteiger partial charge in [0.25, 0.3) is 0 Å². The Morgan fingerprint density at radius 3 is 2.09 bits per heavy atom. The molecule has 3 rings (SSSR count). The fraction of sp³-hybridized carbons (Fsp3) is 0.235. The van der Waals surface area contributed by atoms with Gasteiger partial charge >= 0.3 is 6.03 Å². The fourth-order valence-corrected chi connectivity index (χ4v) is 2.65. The lowest BCUT2D eigenvalue weighted by atomic mass is 10.2. The van der Waals surface area contributed by atoms with Gasteiger partial charge in [0.05, 0.1) is 0 Å². The van der Waals surface area contributed by atoms with E-state index in [4.69, 9.17) is 0 Å². The molecule has 23 heavy (non-hydrogen) atoms. The quantitative estimate of drug-likeness (QED) is 0.922. The summed E-state index contributed by atoms with van der Waals surface area (Å²) in [6.07, 6.45) is 0. The Morgan fingerprint density at radius 2 is 1.48 bits per heavy atom. The van der Waals surface area contributed by atoms with E-state index in [1.807, 2.05) is 30.3 Å². The van der Waals surface area contributed by atoms with E-state index in [9.17, 15) is 13.6 Å². The molecule has 1 aliphatic rings. The first-order valence-corrected chi connectivity index (χ1v) is 7.45. The van der Waals surface area contributed by atoms with Gasteiger partial charge in [-0.25, -0.2) is 13.6 Å². The zero-order chi connectivity index (χ0) is 16.2. The number of piperazine rings is 1. The Kier molecular flexibility index (Phi) is 4.41. The van der Waals surface area contributed by atoms with Crippen LogP contribution in [-0.2, 0) is 0 Å². The molecule has 120 valence electrons. The lowest BCUT2D eigenvalue weighted by molar-refractivity contribution is 0.208. The van der Waals surface area contributed by atoms with E-state index in [1.54, 1.807) is 9.80 Å². The van der Waals surface area contributed by atoms with Crippen LogP contribution in [0.4, 0.5) is 25.0 Å². The van der Waals surface area contributed by atoms with Crippen LogP contribution in [0.2, 0.25) is 0 Å². The van der Waals surface area contributed by atoms with Crippen molar-refractivity contribution >= 4 is 17.4 Å². The smallest absolute Gasteiger partial charge is 0.321 e. The number of hydrogen-bond acceptors (Lipinski definition) is 2. The molecule has 4 nitrogen and oxygen atoms in total. The summed E-state index contributed by atoms with van der Waals surface area (Å²) in [7, 11) is 0. The van der Waals surface area contributed by atoms with Crippen molar-refractivity contribution in [1.29, 1.82) is 0 Å². The van der Waals surface area contributed by atoms with Crippen LogP contribution in [0.5, 0.6) is 0 Å². The summed E-state index contributed by atoms with van der Waals surface area (Å²) in [4.78, 5) is 15.5. The highest BCUT2D eigenvalue weighted by Crippen LogP contribution is 2.24. The summed E-state index contributed by atoms with van der Waals surface area (Å²) in [5, 5.41) is 2.81. The second-order valence-electron chi connectivity index (χ2n) is 5.34. The highest BCUT2D eigenvalue weighted by Gasteiger charge is 2.24. The van der Waals surface area contributed by atoms with Crippen molar-refractivity contribution < 1.29 is 13.6 Å². The minimum Gasteiger partial charge on any atom is -0.363 e. The summed E-state index contributed by atoms with van der Waals surface area (Å²) >= 11 is 0. The minimum atomic E-state index is -0.577. The minimum absolute atomic E-state index is 0.0179. The molecule has 1 aliphatic heterocycles. The van der Waals surface area contributed by atoms with Gasteiger partial charge in [-0.15, -0.1) is 0 Å². The zero-order valence-electron chi connectivity index (χ0n) is 12.5. The number of rotatable bonds is 2. The van der Waals surface area contributed by atoms with E-state index in [0.29, 0.717) is 26.2 Å². The van der Waals surface area contributed by atoms with E-state index >= 15 is 0 Å². The van der Waals surface area contributed by atoms with Crippen molar-refractivity contribution in [3.05, 3.63) is 60.2 Å². The van der Waals surface area contributed by atoms with Gasteiger partial charge in [-0.2, -0.15) is 0 Å². The maximum Gasteiger partial charge on any atom is 0.321 e. The number of amides is 2. The van der Waals surface area contributed by atoms with Crippen LogP contribution in [0.25, 0.3) is 0 Å². The van der Waals surface area contributed by atoms with Gasteiger partial charge in [-0.3, -0.25) is 0 Å². The van der Waals surface area contributed by atoms with Crippen LogP contribution < -0.4 is 10.2 Å². The summed E-state index contributed by atoms with van der Waals surface area (Å²) in [5.41, 5.74) is 0.704. The molecule has 2 aromatic rings. The molecule has 0 radical (unpaired) electrons. The number of nitrogens with one attached hydrogen (secondary N) is 1. The zero-order valence-corrected chi connectivity index (χ0v) is 12.5. The highest BCUT2D eigenvalue weighted by molar-refractivity contribution is 5.89. The van der Waals surface area contributed by atoms with E-state index < -0.39 is 11.6 Å². The van der Waals surface area contributed by atoms with Gasteiger partial charge in [0.1, 0.15) is 17.3 Å². The second kappa shape index (κ2) is 6.64. The van der Waals surface area contributed by atoms with Gasteiger partial charge in [-0.1, -0.05) is 24.3 Å². The van der Waals surface area contributed by atoms with Gasteiger partial charge in [-0.05, 0) is 24.3 Å². The topological polar surface area (TPSA) is 35.6 Å². The first-order valence-electron chi connectivity index (χ1n) is 7.45. The standard InChI is InChI=1S/C17H17F2N3O/c18-14-7-4-8-15(19)16(14)21-9-11-22(12-10-21)17(23)20-13-5-2-1-3-6-13/h1-8H,9-12H2,(H,20,23). The van der Waals surface area contributed by atoms with Crippen LogP contribution in [0, 0.1) is 11.6 Å². The first-order chi connectivity index (χ1) is 11.1. The number of anilines is 2. The van der Waals surface area contributed by atoms with Crippen molar-refractivity contribution in [2.75, 3.05) is 36.4 Å². The maximum absolute atomic E-state index is 13.8. The van der Waals surface area contributed by atoms with Crippen molar-refractivity contribution in [1.82, 2.24) is 4.90 Å². The van der Waals surface area contributed by atoms with Gasteiger partial charge in [0.15, 0.2) is 0 Å². The molecule has 6 heteroatoms. The van der Waals surface area contributed by atoms with Crippen molar-refractivity contribution in [2.45, 2.75) is 0 Å². The summed E-state index contributed by atoms with van der Waals surface area (Å²) in [6.45, 7) is 1.60. The average Bonchev–Trinajstić information content (AvgIpc) is 2.56. The molecule has 0 bridgehead atoms. The Morgan fingerprint density at radius 1 is 0.870 bits per heavy atom. The molecule has 0 unspecified atom stereocenters. The van der Waals surface area contributed by atoms with E-state index in [-0.39, 0.29) is 11.7 Å². The molecule has 0 spiro atoms. The Bertz CT molecular complexity index is 665. The van der Waals surface area contributed by atoms with Gasteiger partial charge in [0.2, 0.25) is 0 Å². The maximum atomic E-state index is 13.8. The molecule has 0 aromatic heterocycles. The molecular formula is C17H17F2N3O. The van der Waals surface area contributed by atoms with Crippen LogP contribution in [0.3, 0.4) is 0 Å². The Balaban J connectivity index is 1.61. The second-order valence-corrected chi connectivity index (χ2v) is 5.34. The summed E-state index contributed by atoms with van der Waals surface area (Å²) in [5.74, 6) is -1.15. The van der Waals surface area contributed by atoms with E-state index in [0.717, 1.165) is 5.69 Å². The molecule has 1 fully saturated rings. The highest BCUT2D eigenvalue weighted by atomic mass is 19.1. The molecule has 0 saturated carbocycles. The fourth-order valence-electron chi connectivity index (χ4n) is 2.65. The molecule has 2 aromatic carbocycles. The predicted octanol–water partition coefficient (Wildman–Crippen LogP) is 3.32. The third-order valence-corrected chi connectivity index (χ3v) is 3.85. The molecule has 1 saturated heterocycles. The molecule has 0 aliphatic carbocycles. The number of halogens is 2. The average molecular weight is 317 g/mol. The van der Waals surface area contributed by atoms with Crippen molar-refractivity contribution in [3.8, 4) is 0 Å². The van der Waals surface area contributed by atoms with Crippen LogP contribution >= 0.6 is 0 Å². The monoisotopic (exact) mass is 317 g/mol. The lowest BCUT2D eigenvalue weighted by Crippen LogP contribution is -2.50. The summed E-state index contributed by atoms with van der Waals surface area (Å²) in [6, 6.07) is 12.8. The summed E-state index contributed by atoms with van der Waals surface area (Å²) < 4.78 is 27.6. The number of urea groups is 1. The molecular weight excluding hydrogens is 300 g/mol. The Labute approximate surface area is 133 Å². The predicted molar refractivity (Wildman–Crippen MR) is 85.6 cm³/mol. The molecule has 2 amide bonds. The SMILES string of the molecule is O=C(Nc1ccccc1)N1CCN(c2c(F)cccc2F)CC1. The van der Waals surface area contributed by atoms with Crippen LogP contribution in [0.15, 0.2) is 48.5 Å². The number of carbonyl (C=O) groups excluding carboxylic acids is 1. The van der Waals surface area contributed by atoms with Crippen LogP contribution in [0.1, 0.15) is 0 Å². The lowest BCUT2D eigenvalue weighted by Gasteiger charge is -2.36. The third-order valence-electron chi connectivity index (χ3n) is 3.85. The molecule has 1 N–H and O–H groups in total. The number of hydrogen-bond donors (Lipinski definition) is 1. The number of carbonyl (C=O) groups is 1. The number of para-hydroxylation sites is 2. The third kappa shape index (κ3) is 3.41. The number of benzene rings is 2. The normalized spacial score (nSPS) is 14.7. The largest absolute Gasteiger partial charge is 0.363 e. The first kappa shape index (κ1) is 15.3. The van der Waals surface area contributed by atoms with E-state index in [1.165, 1.54) is 18.2 Å². The van der Waals surface area contributed by atoms with Gasteiger partial charge in [0, 0.05) is 31.9 Å². The van der Waals surface area contributed by atoms with Crippen molar-refractivity contribution in [3.63, 3.8) is 0 Å². The molecule has 1 heterocycles. The van der Waals surface area contributed by atoms with Gasteiger partial charge < -0.3 is 15.1 Å². The van der Waals surface area contributed by atoms with E-state index in [2.05, 4.69) is 5.32 Å². The van der Waals surface area contributed by atoms with Crippen molar-refractivity contribution in [2.24, 2.45) is 0 Å².